The molecule has 1 heterocycles. The minimum absolute atomic E-state index is 0.00818. The molecule has 0 amide bonds. The van der Waals surface area contributed by atoms with Crippen molar-refractivity contribution >= 4 is 0 Å². The van der Waals surface area contributed by atoms with Gasteiger partial charge >= 0.3 is 0 Å². The number of likely N-dealkylation sites (N-methyl/N-ethyl adjacent to an activating group) is 1. The van der Waals surface area contributed by atoms with E-state index in [2.05, 4.69) is 29.4 Å². The molecule has 1 N–H and O–H groups in total. The van der Waals surface area contributed by atoms with Crippen molar-refractivity contribution in [3.05, 3.63) is 63.8 Å². The predicted molar refractivity (Wildman–Crippen MR) is 80.8 cm³/mol. The smallest absolute Gasteiger partial charge is 0.253 e. The third-order valence-electron chi connectivity index (χ3n) is 3.34. The molecule has 1 aromatic carbocycles. The first-order valence-corrected chi connectivity index (χ1v) is 6.95. The maximum Gasteiger partial charge on any atom is 0.253 e. The minimum Gasteiger partial charge on any atom is -0.309 e. The van der Waals surface area contributed by atoms with Gasteiger partial charge in [0, 0.05) is 18.3 Å². The summed E-state index contributed by atoms with van der Waals surface area (Å²) in [6, 6.07) is 11.9. The third-order valence-corrected chi connectivity index (χ3v) is 3.34. The van der Waals surface area contributed by atoms with Gasteiger partial charge in [-0.25, -0.2) is 4.98 Å². The molecule has 1 aromatic heterocycles. The van der Waals surface area contributed by atoms with E-state index in [-0.39, 0.29) is 11.6 Å². The van der Waals surface area contributed by atoms with Gasteiger partial charge in [0.05, 0.1) is 6.04 Å². The van der Waals surface area contributed by atoms with Gasteiger partial charge in [0.1, 0.15) is 5.82 Å². The van der Waals surface area contributed by atoms with Crippen LogP contribution in [0.5, 0.6) is 0 Å². The van der Waals surface area contributed by atoms with Crippen molar-refractivity contribution in [2.75, 3.05) is 6.54 Å². The van der Waals surface area contributed by atoms with Gasteiger partial charge in [-0.1, -0.05) is 37.3 Å². The molecular formula is C16H21N3O. The maximum absolute atomic E-state index is 12.1. The summed E-state index contributed by atoms with van der Waals surface area (Å²) in [6.45, 7) is 7.24. The normalized spacial score (nSPS) is 12.3. The number of hydrogen-bond donors (Lipinski definition) is 1. The van der Waals surface area contributed by atoms with Crippen LogP contribution < -0.4 is 10.9 Å². The van der Waals surface area contributed by atoms with Crippen LogP contribution in [0.15, 0.2) is 41.2 Å². The Morgan fingerprint density at radius 1 is 1.25 bits per heavy atom. The summed E-state index contributed by atoms with van der Waals surface area (Å²) in [5.41, 5.74) is 1.96. The number of hydrogen-bond acceptors (Lipinski definition) is 3. The summed E-state index contributed by atoms with van der Waals surface area (Å²) >= 11 is 0. The Hall–Kier alpha value is -1.94. The average Bonchev–Trinajstić information content (AvgIpc) is 2.42. The predicted octanol–water partition coefficient (Wildman–Crippen LogP) is 2.21. The summed E-state index contributed by atoms with van der Waals surface area (Å²) in [5, 5.41) is 3.43. The highest BCUT2D eigenvalue weighted by Gasteiger charge is 2.13. The largest absolute Gasteiger partial charge is 0.309 e. The monoisotopic (exact) mass is 271 g/mol. The molecule has 0 aliphatic carbocycles. The lowest BCUT2D eigenvalue weighted by Crippen LogP contribution is -2.32. The van der Waals surface area contributed by atoms with Crippen LogP contribution in [0.2, 0.25) is 0 Å². The molecule has 4 heteroatoms. The van der Waals surface area contributed by atoms with E-state index in [1.54, 1.807) is 10.6 Å². The van der Waals surface area contributed by atoms with E-state index in [0.29, 0.717) is 6.54 Å². The topological polar surface area (TPSA) is 46.9 Å². The Balaban J connectivity index is 2.32. The van der Waals surface area contributed by atoms with Crippen molar-refractivity contribution in [1.82, 2.24) is 14.9 Å². The zero-order valence-electron chi connectivity index (χ0n) is 12.3. The number of aromatic nitrogens is 2. The number of aryl methyl sites for hydroxylation is 2. The molecule has 0 spiro atoms. The van der Waals surface area contributed by atoms with Crippen molar-refractivity contribution < 1.29 is 0 Å². The second-order valence-electron chi connectivity index (χ2n) is 4.91. The Bertz CT molecular complexity index is 619. The van der Waals surface area contributed by atoms with E-state index in [1.807, 2.05) is 32.0 Å². The van der Waals surface area contributed by atoms with Gasteiger partial charge in [0.15, 0.2) is 0 Å². The van der Waals surface area contributed by atoms with E-state index in [4.69, 9.17) is 0 Å². The van der Waals surface area contributed by atoms with Crippen LogP contribution in [0.4, 0.5) is 0 Å². The zero-order valence-corrected chi connectivity index (χ0v) is 12.3. The fraction of sp³-hybridized carbons (Fsp3) is 0.375. The number of benzene rings is 1. The molecule has 2 aromatic rings. The Morgan fingerprint density at radius 2 is 1.95 bits per heavy atom. The van der Waals surface area contributed by atoms with Gasteiger partial charge in [-0.2, -0.15) is 0 Å². The SMILES string of the molecule is CCNC(Cn1c(C)nc(C)cc1=O)c1ccccc1. The number of rotatable bonds is 5. The van der Waals surface area contributed by atoms with Crippen molar-refractivity contribution in [2.24, 2.45) is 0 Å². The van der Waals surface area contributed by atoms with E-state index >= 15 is 0 Å². The molecular weight excluding hydrogens is 250 g/mol. The van der Waals surface area contributed by atoms with Gasteiger partial charge < -0.3 is 5.32 Å². The second kappa shape index (κ2) is 6.48. The molecule has 2 rings (SSSR count). The standard InChI is InChI=1S/C16H21N3O/c1-4-17-15(14-8-6-5-7-9-14)11-19-13(3)18-12(2)10-16(19)20/h5-10,15,17H,4,11H2,1-3H3. The van der Waals surface area contributed by atoms with Crippen molar-refractivity contribution in [3.8, 4) is 0 Å². The number of nitrogens with zero attached hydrogens (tertiary/aromatic N) is 2. The van der Waals surface area contributed by atoms with Gasteiger partial charge in [-0.05, 0) is 26.0 Å². The summed E-state index contributed by atoms with van der Waals surface area (Å²) in [7, 11) is 0. The van der Waals surface area contributed by atoms with E-state index in [1.165, 1.54) is 5.56 Å². The van der Waals surface area contributed by atoms with Crippen molar-refractivity contribution in [2.45, 2.75) is 33.4 Å². The quantitative estimate of drug-likeness (QED) is 0.907. The first-order valence-electron chi connectivity index (χ1n) is 6.95. The summed E-state index contributed by atoms with van der Waals surface area (Å²) in [4.78, 5) is 16.5. The van der Waals surface area contributed by atoms with Crippen LogP contribution in [0.25, 0.3) is 0 Å². The minimum atomic E-state index is 0.00818. The summed E-state index contributed by atoms with van der Waals surface area (Å²) in [5.74, 6) is 0.758. The zero-order chi connectivity index (χ0) is 14.5. The van der Waals surface area contributed by atoms with Crippen molar-refractivity contribution in [3.63, 3.8) is 0 Å². The van der Waals surface area contributed by atoms with Gasteiger partial charge in [-0.15, -0.1) is 0 Å². The molecule has 4 nitrogen and oxygen atoms in total. The average molecular weight is 271 g/mol. The lowest BCUT2D eigenvalue weighted by Gasteiger charge is -2.20. The molecule has 20 heavy (non-hydrogen) atoms. The highest BCUT2D eigenvalue weighted by molar-refractivity contribution is 5.19. The molecule has 0 saturated carbocycles. The molecule has 1 atom stereocenters. The fourth-order valence-electron chi connectivity index (χ4n) is 2.39. The summed E-state index contributed by atoms with van der Waals surface area (Å²) in [6.07, 6.45) is 0. The molecule has 0 aliphatic heterocycles. The van der Waals surface area contributed by atoms with E-state index in [0.717, 1.165) is 18.1 Å². The molecule has 0 saturated heterocycles. The van der Waals surface area contributed by atoms with E-state index < -0.39 is 0 Å². The molecule has 106 valence electrons. The van der Waals surface area contributed by atoms with Gasteiger partial charge in [-0.3, -0.25) is 9.36 Å². The molecule has 0 bridgehead atoms. The van der Waals surface area contributed by atoms with Crippen LogP contribution in [0.1, 0.15) is 30.0 Å². The Labute approximate surface area is 119 Å². The van der Waals surface area contributed by atoms with Gasteiger partial charge in [0.25, 0.3) is 5.56 Å². The van der Waals surface area contributed by atoms with Crippen LogP contribution in [0.3, 0.4) is 0 Å². The lowest BCUT2D eigenvalue weighted by molar-refractivity contribution is 0.456. The maximum atomic E-state index is 12.1. The molecule has 1 unspecified atom stereocenters. The molecule has 0 aliphatic rings. The highest BCUT2D eigenvalue weighted by atomic mass is 16.1. The first-order chi connectivity index (χ1) is 9.61. The first kappa shape index (κ1) is 14.5. The third kappa shape index (κ3) is 3.33. The number of nitrogens with one attached hydrogen (secondary N) is 1. The van der Waals surface area contributed by atoms with Crippen LogP contribution >= 0.6 is 0 Å². The van der Waals surface area contributed by atoms with Gasteiger partial charge in [0.2, 0.25) is 0 Å². The van der Waals surface area contributed by atoms with Crippen molar-refractivity contribution in [1.29, 1.82) is 0 Å². The van der Waals surface area contributed by atoms with E-state index in [9.17, 15) is 4.79 Å². The lowest BCUT2D eigenvalue weighted by atomic mass is 10.1. The fourth-order valence-corrected chi connectivity index (χ4v) is 2.39. The van der Waals surface area contributed by atoms with Crippen LogP contribution in [-0.2, 0) is 6.54 Å². The Kier molecular flexibility index (Phi) is 4.69. The highest BCUT2D eigenvalue weighted by Crippen LogP contribution is 2.14. The molecule has 0 fully saturated rings. The van der Waals surface area contributed by atoms with Crippen LogP contribution in [0, 0.1) is 13.8 Å². The Morgan fingerprint density at radius 3 is 2.55 bits per heavy atom. The summed E-state index contributed by atoms with van der Waals surface area (Å²) < 4.78 is 1.73. The van der Waals surface area contributed by atoms with Crippen LogP contribution in [-0.4, -0.2) is 16.1 Å². The second-order valence-corrected chi connectivity index (χ2v) is 4.91. The molecule has 0 radical (unpaired) electrons.